The minimum absolute atomic E-state index is 0.134. The Morgan fingerprint density at radius 1 is 0.788 bits per heavy atom. The molecule has 1 unspecified atom stereocenters. The summed E-state index contributed by atoms with van der Waals surface area (Å²) in [5.74, 6) is 0.269. The Balaban J connectivity index is 2.08. The van der Waals surface area contributed by atoms with E-state index in [0.717, 1.165) is 64.8 Å². The van der Waals surface area contributed by atoms with Gasteiger partial charge in [-0.05, 0) is 51.6 Å². The highest BCUT2D eigenvalue weighted by Crippen LogP contribution is 2.11. The van der Waals surface area contributed by atoms with Gasteiger partial charge in [0, 0.05) is 32.5 Å². The van der Waals surface area contributed by atoms with Crippen LogP contribution in [0.15, 0.2) is 24.3 Å². The van der Waals surface area contributed by atoms with Gasteiger partial charge < -0.3 is 20.3 Å². The Bertz CT molecular complexity index is 517. The van der Waals surface area contributed by atoms with Crippen molar-refractivity contribution in [3.8, 4) is 0 Å². The third-order valence-corrected chi connectivity index (χ3v) is 5.67. The summed E-state index contributed by atoms with van der Waals surface area (Å²) < 4.78 is 5.39. The first-order valence-corrected chi connectivity index (χ1v) is 13.3. The Hall–Kier alpha value is -1.66. The van der Waals surface area contributed by atoms with E-state index in [1.807, 2.05) is 0 Å². The van der Waals surface area contributed by atoms with Gasteiger partial charge in [0.15, 0.2) is 0 Å². The topological polar surface area (TPSA) is 74.0 Å². The van der Waals surface area contributed by atoms with Crippen molar-refractivity contribution in [2.75, 3.05) is 39.3 Å². The molecule has 33 heavy (non-hydrogen) atoms. The molecule has 0 radical (unpaired) electrons. The number of hydrogen-bond acceptors (Lipinski definition) is 4. The number of rotatable bonds is 22. The molecule has 0 bridgehead atoms. The third kappa shape index (κ3) is 19.5. The van der Waals surface area contributed by atoms with Crippen LogP contribution >= 0.6 is 0 Å². The fraction of sp³-hybridized carbons (Fsp3) is 0.778. The molecule has 0 aromatic rings. The second kappa shape index (κ2) is 20.9. The van der Waals surface area contributed by atoms with E-state index in [1.54, 1.807) is 0 Å². The van der Waals surface area contributed by atoms with Crippen LogP contribution in [0, 0.1) is 0 Å². The van der Waals surface area contributed by atoms with Crippen molar-refractivity contribution in [1.82, 2.24) is 15.5 Å². The van der Waals surface area contributed by atoms with Crippen LogP contribution in [0.1, 0.15) is 90.9 Å². The monoisotopic (exact) mass is 463 g/mol. The average molecular weight is 464 g/mol. The lowest BCUT2D eigenvalue weighted by Gasteiger charge is -2.21. The molecule has 0 aliphatic carbocycles. The van der Waals surface area contributed by atoms with Gasteiger partial charge in [-0.25, -0.2) is 0 Å². The molecule has 1 atom stereocenters. The maximum absolute atomic E-state index is 12.0. The number of allylic oxidation sites excluding steroid dienone is 4. The van der Waals surface area contributed by atoms with Crippen molar-refractivity contribution in [1.29, 1.82) is 0 Å². The molecular weight excluding hydrogens is 414 g/mol. The first-order valence-electron chi connectivity index (χ1n) is 13.3. The number of amides is 2. The van der Waals surface area contributed by atoms with E-state index in [4.69, 9.17) is 4.74 Å². The number of unbranched alkanes of at least 4 members (excludes halogenated alkanes) is 4. The molecular formula is C27H49N3O3. The quantitative estimate of drug-likeness (QED) is 0.138. The highest BCUT2D eigenvalue weighted by Gasteiger charge is 2.25. The zero-order valence-corrected chi connectivity index (χ0v) is 21.3. The highest BCUT2D eigenvalue weighted by atomic mass is 16.6. The van der Waals surface area contributed by atoms with E-state index in [9.17, 15) is 9.59 Å². The molecule has 0 aromatic heterocycles. The summed E-state index contributed by atoms with van der Waals surface area (Å²) >= 11 is 0. The average Bonchev–Trinajstić information content (AvgIpc) is 3.62. The smallest absolute Gasteiger partial charge is 0.220 e. The maximum Gasteiger partial charge on any atom is 0.220 e. The number of epoxide rings is 1. The second-order valence-electron chi connectivity index (χ2n) is 8.97. The molecule has 0 saturated carbocycles. The molecule has 1 heterocycles. The minimum atomic E-state index is 0.134. The van der Waals surface area contributed by atoms with Crippen LogP contribution in [0.3, 0.4) is 0 Å². The van der Waals surface area contributed by atoms with Gasteiger partial charge in [0.2, 0.25) is 11.8 Å². The number of hydrogen-bond donors (Lipinski definition) is 2. The molecule has 1 saturated heterocycles. The van der Waals surface area contributed by atoms with Crippen LogP contribution < -0.4 is 10.6 Å². The predicted molar refractivity (Wildman–Crippen MR) is 137 cm³/mol. The lowest BCUT2D eigenvalue weighted by Crippen LogP contribution is -2.34. The molecule has 6 nitrogen and oxygen atoms in total. The van der Waals surface area contributed by atoms with Crippen LogP contribution in [0.5, 0.6) is 0 Å². The number of nitrogens with one attached hydrogen (secondary N) is 2. The Morgan fingerprint density at radius 3 is 1.67 bits per heavy atom. The van der Waals surface area contributed by atoms with E-state index in [1.165, 1.54) is 25.7 Å². The van der Waals surface area contributed by atoms with Gasteiger partial charge in [-0.2, -0.15) is 0 Å². The van der Waals surface area contributed by atoms with Gasteiger partial charge in [0.25, 0.3) is 0 Å². The van der Waals surface area contributed by atoms with Gasteiger partial charge in [0.1, 0.15) is 0 Å². The van der Waals surface area contributed by atoms with E-state index in [-0.39, 0.29) is 11.8 Å². The van der Waals surface area contributed by atoms with E-state index >= 15 is 0 Å². The van der Waals surface area contributed by atoms with Crippen molar-refractivity contribution in [2.45, 2.75) is 97.0 Å². The fourth-order valence-corrected chi connectivity index (χ4v) is 3.54. The van der Waals surface area contributed by atoms with Crippen LogP contribution in [0.25, 0.3) is 0 Å². The SMILES string of the molecule is CCCC/C=C/CCC(=O)NCCCN(CCCNC(=O)CC/C=C/CCCC)CC1CO1. The summed E-state index contributed by atoms with van der Waals surface area (Å²) in [6.07, 6.45) is 20.7. The molecule has 0 aromatic carbocycles. The molecule has 1 aliphatic rings. The Labute approximate surface area is 202 Å². The van der Waals surface area contributed by atoms with Crippen LogP contribution in [-0.4, -0.2) is 62.1 Å². The zero-order valence-electron chi connectivity index (χ0n) is 21.3. The highest BCUT2D eigenvalue weighted by molar-refractivity contribution is 5.76. The predicted octanol–water partition coefficient (Wildman–Crippen LogP) is 4.75. The van der Waals surface area contributed by atoms with Crippen molar-refractivity contribution in [3.05, 3.63) is 24.3 Å². The van der Waals surface area contributed by atoms with Gasteiger partial charge in [-0.1, -0.05) is 63.8 Å². The van der Waals surface area contributed by atoms with Gasteiger partial charge in [-0.3, -0.25) is 9.59 Å². The summed E-state index contributed by atoms with van der Waals surface area (Å²) in [4.78, 5) is 26.3. The number of carbonyl (C=O) groups is 2. The van der Waals surface area contributed by atoms with Crippen LogP contribution in [0.4, 0.5) is 0 Å². The third-order valence-electron chi connectivity index (χ3n) is 5.67. The minimum Gasteiger partial charge on any atom is -0.372 e. The van der Waals surface area contributed by atoms with Gasteiger partial charge >= 0.3 is 0 Å². The molecule has 2 N–H and O–H groups in total. The second-order valence-corrected chi connectivity index (χ2v) is 8.97. The summed E-state index contributed by atoms with van der Waals surface area (Å²) in [6, 6.07) is 0. The summed E-state index contributed by atoms with van der Waals surface area (Å²) in [5.41, 5.74) is 0. The van der Waals surface area contributed by atoms with Crippen molar-refractivity contribution in [2.24, 2.45) is 0 Å². The Morgan fingerprint density at radius 2 is 1.24 bits per heavy atom. The van der Waals surface area contributed by atoms with Crippen LogP contribution in [-0.2, 0) is 14.3 Å². The fourth-order valence-electron chi connectivity index (χ4n) is 3.54. The van der Waals surface area contributed by atoms with Gasteiger partial charge in [0.05, 0.1) is 12.7 Å². The lowest BCUT2D eigenvalue weighted by molar-refractivity contribution is -0.121. The largest absolute Gasteiger partial charge is 0.372 e. The van der Waals surface area contributed by atoms with E-state index < -0.39 is 0 Å². The summed E-state index contributed by atoms with van der Waals surface area (Å²) in [7, 11) is 0. The molecule has 2 amide bonds. The molecule has 1 aliphatic heterocycles. The maximum atomic E-state index is 12.0. The summed E-state index contributed by atoms with van der Waals surface area (Å²) in [5, 5.41) is 6.07. The normalized spacial score (nSPS) is 15.5. The number of nitrogens with zero attached hydrogens (tertiary/aromatic N) is 1. The number of ether oxygens (including phenoxy) is 1. The Kier molecular flexibility index (Phi) is 18.6. The summed E-state index contributed by atoms with van der Waals surface area (Å²) in [6.45, 7) is 9.46. The molecule has 190 valence electrons. The first-order chi connectivity index (χ1) is 16.2. The number of carbonyl (C=O) groups excluding carboxylic acids is 2. The van der Waals surface area contributed by atoms with Crippen molar-refractivity contribution in [3.63, 3.8) is 0 Å². The zero-order chi connectivity index (χ0) is 24.0. The molecule has 6 heteroatoms. The molecule has 1 fully saturated rings. The van der Waals surface area contributed by atoms with Crippen molar-refractivity contribution >= 4 is 11.8 Å². The van der Waals surface area contributed by atoms with E-state index in [0.29, 0.717) is 32.0 Å². The van der Waals surface area contributed by atoms with Crippen molar-refractivity contribution < 1.29 is 14.3 Å². The standard InChI is InChI=1S/C27H49N3O3/c1-3-5-7-9-11-13-17-26(31)28-19-15-21-30(23-25-24-33-25)22-16-20-29-27(32)18-14-12-10-8-6-4-2/h9-12,25H,3-8,13-24H2,1-2H3,(H,28,31)(H,29,32)/b11-9+,12-10+. The molecule has 1 rings (SSSR count). The lowest BCUT2D eigenvalue weighted by atomic mass is 10.2. The first kappa shape index (κ1) is 29.4. The van der Waals surface area contributed by atoms with Gasteiger partial charge in [-0.15, -0.1) is 0 Å². The van der Waals surface area contributed by atoms with E-state index in [2.05, 4.69) is 53.7 Å². The van der Waals surface area contributed by atoms with Crippen LogP contribution in [0.2, 0.25) is 0 Å². The molecule has 0 spiro atoms.